The molecule has 0 atom stereocenters. The second-order valence-corrected chi connectivity index (χ2v) is 3.05. The van der Waals surface area contributed by atoms with Gasteiger partial charge in [0.05, 0.1) is 12.7 Å². The molecule has 0 aliphatic heterocycles. The molecule has 0 bridgehead atoms. The molecule has 0 saturated carbocycles. The van der Waals surface area contributed by atoms with Gasteiger partial charge in [0.1, 0.15) is 5.69 Å². The first-order valence-corrected chi connectivity index (χ1v) is 4.18. The average Bonchev–Trinajstić information content (AvgIpc) is 2.14. The minimum atomic E-state index is -4.68. The lowest BCUT2D eigenvalue weighted by Gasteiger charge is -2.13. The molecule has 0 unspecified atom stereocenters. The zero-order valence-electron chi connectivity index (χ0n) is 8.40. The largest absolute Gasteiger partial charge is 0.481 e. The van der Waals surface area contributed by atoms with Crippen molar-refractivity contribution in [2.75, 3.05) is 7.11 Å². The molecule has 7 heteroatoms. The normalized spacial score (nSPS) is 12.0. The highest BCUT2D eigenvalue weighted by Crippen LogP contribution is 2.35. The van der Waals surface area contributed by atoms with E-state index in [4.69, 9.17) is 0 Å². The Morgan fingerprint density at radius 1 is 1.31 bits per heavy atom. The first-order valence-electron chi connectivity index (χ1n) is 4.18. The van der Waals surface area contributed by atoms with Crippen LogP contribution in [0.25, 0.3) is 0 Å². The molecule has 0 aliphatic rings. The summed E-state index contributed by atoms with van der Waals surface area (Å²) in [6.45, 7) is 1.15. The van der Waals surface area contributed by atoms with Crippen molar-refractivity contribution in [2.24, 2.45) is 0 Å². The van der Waals surface area contributed by atoms with Crippen molar-refractivity contribution < 1.29 is 26.7 Å². The monoisotopic (exact) mass is 241 g/mol. The van der Waals surface area contributed by atoms with Gasteiger partial charge in [0.25, 0.3) is 6.43 Å². The number of rotatable bonds is 2. The summed E-state index contributed by atoms with van der Waals surface area (Å²) in [5.41, 5.74) is -2.06. The first kappa shape index (κ1) is 12.7. The van der Waals surface area contributed by atoms with Gasteiger partial charge in [-0.1, -0.05) is 0 Å². The lowest BCUT2D eigenvalue weighted by Crippen LogP contribution is -2.11. The zero-order valence-corrected chi connectivity index (χ0v) is 8.40. The summed E-state index contributed by atoms with van der Waals surface area (Å²) in [5, 5.41) is 0. The molecule has 1 heterocycles. The Morgan fingerprint density at radius 2 is 1.88 bits per heavy atom. The maximum atomic E-state index is 12.5. The SMILES string of the molecule is COc1nc(C(F)(F)F)cc(C)c1C(F)F. The zero-order chi connectivity index (χ0) is 12.5. The summed E-state index contributed by atoms with van der Waals surface area (Å²) in [6.07, 6.45) is -7.61. The van der Waals surface area contributed by atoms with E-state index in [1.54, 1.807) is 0 Å². The maximum Gasteiger partial charge on any atom is 0.433 e. The van der Waals surface area contributed by atoms with Crippen molar-refractivity contribution in [1.29, 1.82) is 0 Å². The smallest absolute Gasteiger partial charge is 0.433 e. The Labute approximate surface area is 88.1 Å². The van der Waals surface area contributed by atoms with E-state index in [2.05, 4.69) is 9.72 Å². The molecule has 1 rings (SSSR count). The van der Waals surface area contributed by atoms with Crippen LogP contribution >= 0.6 is 0 Å². The number of alkyl halides is 5. The average molecular weight is 241 g/mol. The van der Waals surface area contributed by atoms with E-state index in [1.165, 1.54) is 0 Å². The first-order chi connectivity index (χ1) is 7.27. The van der Waals surface area contributed by atoms with Crippen molar-refractivity contribution >= 4 is 0 Å². The lowest BCUT2D eigenvalue weighted by molar-refractivity contribution is -0.141. The molecule has 2 nitrogen and oxygen atoms in total. The highest BCUT2D eigenvalue weighted by molar-refractivity contribution is 5.37. The summed E-state index contributed by atoms with van der Waals surface area (Å²) >= 11 is 0. The van der Waals surface area contributed by atoms with E-state index in [0.717, 1.165) is 14.0 Å². The van der Waals surface area contributed by atoms with Crippen molar-refractivity contribution in [2.45, 2.75) is 19.5 Å². The van der Waals surface area contributed by atoms with Crippen LogP contribution in [0, 0.1) is 6.92 Å². The van der Waals surface area contributed by atoms with Crippen LogP contribution in [0.3, 0.4) is 0 Å². The van der Waals surface area contributed by atoms with Gasteiger partial charge in [-0.2, -0.15) is 13.2 Å². The summed E-state index contributed by atoms with van der Waals surface area (Å²) in [6, 6.07) is 0.573. The number of ether oxygens (including phenoxy) is 1. The van der Waals surface area contributed by atoms with Gasteiger partial charge in [0.2, 0.25) is 5.88 Å². The molecule has 0 spiro atoms. The van der Waals surface area contributed by atoms with Crippen LogP contribution in [0.1, 0.15) is 23.2 Å². The molecule has 0 fully saturated rings. The Kier molecular flexibility index (Phi) is 3.35. The van der Waals surface area contributed by atoms with E-state index in [-0.39, 0.29) is 5.56 Å². The van der Waals surface area contributed by atoms with E-state index in [9.17, 15) is 22.0 Å². The Balaban J connectivity index is 3.38. The van der Waals surface area contributed by atoms with E-state index < -0.39 is 29.7 Å². The van der Waals surface area contributed by atoms with Crippen LogP contribution in [-0.4, -0.2) is 12.1 Å². The van der Waals surface area contributed by atoms with Gasteiger partial charge >= 0.3 is 6.18 Å². The van der Waals surface area contributed by atoms with Gasteiger partial charge in [-0.05, 0) is 18.6 Å². The van der Waals surface area contributed by atoms with Gasteiger partial charge in [-0.15, -0.1) is 0 Å². The van der Waals surface area contributed by atoms with Gasteiger partial charge in [0.15, 0.2) is 0 Å². The van der Waals surface area contributed by atoms with Crippen molar-refractivity contribution in [1.82, 2.24) is 4.98 Å². The van der Waals surface area contributed by atoms with E-state index in [1.807, 2.05) is 0 Å². The molecule has 16 heavy (non-hydrogen) atoms. The van der Waals surface area contributed by atoms with Crippen molar-refractivity contribution in [3.63, 3.8) is 0 Å². The molecule has 0 amide bonds. The minimum absolute atomic E-state index is 0.200. The summed E-state index contributed by atoms with van der Waals surface area (Å²) in [7, 11) is 0.994. The van der Waals surface area contributed by atoms with Gasteiger partial charge in [-0.3, -0.25) is 0 Å². The second kappa shape index (κ2) is 4.23. The number of halogens is 5. The van der Waals surface area contributed by atoms with Crippen LogP contribution in [0.5, 0.6) is 5.88 Å². The van der Waals surface area contributed by atoms with Crippen LogP contribution in [0.2, 0.25) is 0 Å². The lowest BCUT2D eigenvalue weighted by atomic mass is 10.1. The number of hydrogen-bond acceptors (Lipinski definition) is 2. The molecule has 0 radical (unpaired) electrons. The molecule has 0 saturated heterocycles. The highest BCUT2D eigenvalue weighted by atomic mass is 19.4. The third-order valence-electron chi connectivity index (χ3n) is 1.93. The third kappa shape index (κ3) is 2.40. The Hall–Kier alpha value is -1.40. The predicted octanol–water partition coefficient (Wildman–Crippen LogP) is 3.36. The fourth-order valence-electron chi connectivity index (χ4n) is 1.22. The fraction of sp³-hybridized carbons (Fsp3) is 0.444. The molecule has 0 aromatic carbocycles. The highest BCUT2D eigenvalue weighted by Gasteiger charge is 2.35. The summed E-state index contributed by atoms with van der Waals surface area (Å²) in [5.74, 6) is -0.692. The predicted molar refractivity (Wildman–Crippen MR) is 45.5 cm³/mol. The number of pyridine rings is 1. The number of hydrogen-bond donors (Lipinski definition) is 0. The third-order valence-corrected chi connectivity index (χ3v) is 1.93. The standard InChI is InChI=1S/C9H8F5NO/c1-4-3-5(9(12,13)14)15-8(16-2)6(4)7(10)11/h3,7H,1-2H3. The van der Waals surface area contributed by atoms with Crippen molar-refractivity contribution in [3.8, 4) is 5.88 Å². The van der Waals surface area contributed by atoms with Crippen LogP contribution in [0.15, 0.2) is 6.07 Å². The minimum Gasteiger partial charge on any atom is -0.481 e. The van der Waals surface area contributed by atoms with Gasteiger partial charge < -0.3 is 4.74 Å². The topological polar surface area (TPSA) is 22.1 Å². The van der Waals surface area contributed by atoms with Gasteiger partial charge in [-0.25, -0.2) is 13.8 Å². The Bertz CT molecular complexity index is 388. The maximum absolute atomic E-state index is 12.5. The van der Waals surface area contributed by atoms with Gasteiger partial charge in [0, 0.05) is 0 Å². The second-order valence-electron chi connectivity index (χ2n) is 3.05. The molecule has 1 aromatic heterocycles. The molecule has 90 valence electrons. The number of methoxy groups -OCH3 is 1. The van der Waals surface area contributed by atoms with E-state index in [0.29, 0.717) is 6.07 Å². The quantitative estimate of drug-likeness (QED) is 0.740. The van der Waals surface area contributed by atoms with Crippen molar-refractivity contribution in [3.05, 3.63) is 22.9 Å². The summed E-state index contributed by atoms with van der Waals surface area (Å²) < 4.78 is 66.4. The van der Waals surface area contributed by atoms with Crippen LogP contribution < -0.4 is 4.74 Å². The number of aryl methyl sites for hydroxylation is 1. The van der Waals surface area contributed by atoms with Crippen LogP contribution in [0.4, 0.5) is 22.0 Å². The fourth-order valence-corrected chi connectivity index (χ4v) is 1.22. The number of nitrogens with zero attached hydrogens (tertiary/aromatic N) is 1. The molecular weight excluding hydrogens is 233 g/mol. The summed E-state index contributed by atoms with van der Waals surface area (Å²) in [4.78, 5) is 3.02. The molecule has 0 N–H and O–H groups in total. The van der Waals surface area contributed by atoms with E-state index >= 15 is 0 Å². The molecule has 1 aromatic rings. The Morgan fingerprint density at radius 3 is 2.25 bits per heavy atom. The van der Waals surface area contributed by atoms with Crippen LogP contribution in [-0.2, 0) is 6.18 Å². The number of aromatic nitrogens is 1. The molecular formula is C9H8F5NO. The molecule has 0 aliphatic carbocycles.